The number of methoxy groups -OCH3 is 1. The number of amidine groups is 1. The zero-order valence-electron chi connectivity index (χ0n) is 22.5. The molecule has 0 radical (unpaired) electrons. The van der Waals surface area contributed by atoms with Gasteiger partial charge in [-0.15, -0.1) is 0 Å². The van der Waals surface area contributed by atoms with Crippen LogP contribution in [0.15, 0.2) is 88.8 Å². The van der Waals surface area contributed by atoms with E-state index < -0.39 is 24.1 Å². The molecule has 2 aliphatic heterocycles. The van der Waals surface area contributed by atoms with Gasteiger partial charge in [-0.05, 0) is 43.7 Å². The quantitative estimate of drug-likeness (QED) is 0.313. The number of hydrogen-bond donors (Lipinski definition) is 3. The number of ether oxygens (including phenoxy) is 2. The van der Waals surface area contributed by atoms with Crippen LogP contribution in [0.25, 0.3) is 0 Å². The summed E-state index contributed by atoms with van der Waals surface area (Å²) >= 11 is 0. The number of allylic oxidation sites excluding steroid dienone is 4. The number of nitrogens with one attached hydrogen (secondary N) is 3. The van der Waals surface area contributed by atoms with Crippen molar-refractivity contribution in [1.82, 2.24) is 10.6 Å². The molecule has 1 fully saturated rings. The maximum atomic E-state index is 13.6. The molecule has 9 nitrogen and oxygen atoms in total. The molecule has 3 rings (SSSR count). The summed E-state index contributed by atoms with van der Waals surface area (Å²) in [6.07, 6.45) is 2.41. The third-order valence-corrected chi connectivity index (χ3v) is 5.78. The van der Waals surface area contributed by atoms with E-state index >= 15 is 0 Å². The minimum Gasteiger partial charge on any atom is -0.494 e. The van der Waals surface area contributed by atoms with E-state index in [0.29, 0.717) is 36.0 Å². The number of rotatable bonds is 8. The molecule has 2 aliphatic rings. The topological polar surface area (TPSA) is 99.6 Å². The smallest absolute Gasteiger partial charge is 0.414 e. The number of halogens is 3. The second kappa shape index (κ2) is 14.2. The van der Waals surface area contributed by atoms with Crippen LogP contribution in [-0.2, 0) is 9.53 Å². The Hall–Kier alpha value is -4.32. The normalized spacial score (nSPS) is 16.7. The van der Waals surface area contributed by atoms with Crippen molar-refractivity contribution >= 4 is 29.1 Å². The van der Waals surface area contributed by atoms with Gasteiger partial charge in [0.05, 0.1) is 25.0 Å². The monoisotopic (exact) mass is 558 g/mol. The van der Waals surface area contributed by atoms with Crippen LogP contribution in [0.5, 0.6) is 5.75 Å². The van der Waals surface area contributed by atoms with Crippen LogP contribution in [0.4, 0.5) is 24.5 Å². The molecule has 2 heterocycles. The molecular weight excluding hydrogens is 525 g/mol. The van der Waals surface area contributed by atoms with Gasteiger partial charge in [-0.2, -0.15) is 18.2 Å². The largest absolute Gasteiger partial charge is 0.494 e. The Kier molecular flexibility index (Phi) is 10.7. The average Bonchev–Trinajstić information content (AvgIpc) is 3.30. The number of anilines is 2. The van der Waals surface area contributed by atoms with Crippen molar-refractivity contribution in [2.24, 2.45) is 9.98 Å². The highest BCUT2D eigenvalue weighted by Gasteiger charge is 2.35. The number of nitrogens with zero attached hydrogens (tertiary/aromatic N) is 3. The van der Waals surface area contributed by atoms with Crippen molar-refractivity contribution < 1.29 is 27.4 Å². The number of benzene rings is 1. The van der Waals surface area contributed by atoms with Gasteiger partial charge in [-0.3, -0.25) is 4.79 Å². The van der Waals surface area contributed by atoms with Crippen LogP contribution in [0, 0.1) is 0 Å². The lowest BCUT2D eigenvalue weighted by molar-refractivity contribution is -0.115. The molecule has 0 bridgehead atoms. The summed E-state index contributed by atoms with van der Waals surface area (Å²) in [5, 5.41) is 8.39. The molecule has 0 saturated carbocycles. The van der Waals surface area contributed by atoms with Gasteiger partial charge in [0.1, 0.15) is 11.6 Å². The lowest BCUT2D eigenvalue weighted by Crippen LogP contribution is -2.27. The molecule has 1 aromatic carbocycles. The highest BCUT2D eigenvalue weighted by Crippen LogP contribution is 2.32. The van der Waals surface area contributed by atoms with E-state index in [1.165, 1.54) is 13.2 Å². The van der Waals surface area contributed by atoms with Crippen LogP contribution in [0.2, 0.25) is 0 Å². The molecule has 214 valence electrons. The van der Waals surface area contributed by atoms with E-state index in [4.69, 9.17) is 9.47 Å². The fourth-order valence-electron chi connectivity index (χ4n) is 3.80. The average molecular weight is 559 g/mol. The Bertz CT molecular complexity index is 1260. The van der Waals surface area contributed by atoms with Gasteiger partial charge in [0.25, 0.3) is 0 Å². The van der Waals surface area contributed by atoms with Crippen molar-refractivity contribution in [3.8, 4) is 5.75 Å². The number of alkyl halides is 3. The lowest BCUT2D eigenvalue weighted by Gasteiger charge is -2.23. The molecule has 0 aliphatic carbocycles. The third-order valence-electron chi connectivity index (χ3n) is 5.78. The number of amides is 1. The Morgan fingerprint density at radius 1 is 1.25 bits per heavy atom. The van der Waals surface area contributed by atoms with Crippen LogP contribution >= 0.6 is 0 Å². The first-order chi connectivity index (χ1) is 19.1. The molecule has 40 heavy (non-hydrogen) atoms. The lowest BCUT2D eigenvalue weighted by atomic mass is 10.2. The summed E-state index contributed by atoms with van der Waals surface area (Å²) in [5.41, 5.74) is 1.42. The Balaban J connectivity index is 1.81. The van der Waals surface area contributed by atoms with Gasteiger partial charge in [-0.1, -0.05) is 19.2 Å². The summed E-state index contributed by atoms with van der Waals surface area (Å²) in [5.74, 6) is 0.0764. The molecule has 12 heteroatoms. The zero-order valence-corrected chi connectivity index (χ0v) is 22.5. The summed E-state index contributed by atoms with van der Waals surface area (Å²) in [7, 11) is 1.52. The fraction of sp³-hybridized carbons (Fsp3) is 0.321. The maximum absolute atomic E-state index is 13.6. The SMILES string of the molecule is C=CC(=O)NC(=C)/C=C\C=C(/C)NC1=NC(Nc2ccc(N3CCCOCC3)cc2OC)=NC=C(C(F)(F)F)C1. The molecule has 0 spiro atoms. The number of carbonyl (C=O) groups excluding carboxylic acids is 1. The van der Waals surface area contributed by atoms with E-state index in [9.17, 15) is 18.0 Å². The van der Waals surface area contributed by atoms with E-state index in [-0.39, 0.29) is 11.8 Å². The van der Waals surface area contributed by atoms with Gasteiger partial charge in [0, 0.05) is 55.5 Å². The number of hydrogen-bond acceptors (Lipinski definition) is 8. The second-order valence-corrected chi connectivity index (χ2v) is 8.86. The highest BCUT2D eigenvalue weighted by molar-refractivity contribution is 6.05. The molecule has 1 aromatic rings. The van der Waals surface area contributed by atoms with Crippen LogP contribution < -0.4 is 25.6 Å². The fourth-order valence-corrected chi connectivity index (χ4v) is 3.80. The molecule has 1 saturated heterocycles. The Labute approximate surface area is 231 Å². The first kappa shape index (κ1) is 30.2. The first-order valence-electron chi connectivity index (χ1n) is 12.5. The molecule has 0 aromatic heterocycles. The predicted octanol–water partition coefficient (Wildman–Crippen LogP) is 4.80. The zero-order chi connectivity index (χ0) is 29.1. The Morgan fingerprint density at radius 3 is 2.77 bits per heavy atom. The van der Waals surface area contributed by atoms with E-state index in [2.05, 4.69) is 44.0 Å². The molecule has 0 atom stereocenters. The van der Waals surface area contributed by atoms with E-state index in [1.54, 1.807) is 25.1 Å². The van der Waals surface area contributed by atoms with Gasteiger partial charge in [0.2, 0.25) is 11.9 Å². The van der Waals surface area contributed by atoms with Crippen molar-refractivity contribution in [3.05, 3.63) is 78.8 Å². The molecular formula is C28H33F3N6O3. The molecule has 3 N–H and O–H groups in total. The molecule has 0 unspecified atom stereocenters. The van der Waals surface area contributed by atoms with E-state index in [1.807, 2.05) is 12.1 Å². The van der Waals surface area contributed by atoms with Crippen LogP contribution in [0.1, 0.15) is 19.8 Å². The first-order valence-corrected chi connectivity index (χ1v) is 12.5. The van der Waals surface area contributed by atoms with Crippen molar-refractivity contribution in [3.63, 3.8) is 0 Å². The van der Waals surface area contributed by atoms with Gasteiger partial charge < -0.3 is 30.3 Å². The number of guanidine groups is 1. The maximum Gasteiger partial charge on any atom is 0.414 e. The highest BCUT2D eigenvalue weighted by atomic mass is 19.4. The summed E-state index contributed by atoms with van der Waals surface area (Å²) in [4.78, 5) is 21.8. The van der Waals surface area contributed by atoms with Gasteiger partial charge in [0.15, 0.2) is 0 Å². The minimum atomic E-state index is -4.59. The van der Waals surface area contributed by atoms with Crippen molar-refractivity contribution in [2.45, 2.75) is 25.9 Å². The van der Waals surface area contributed by atoms with Gasteiger partial charge in [-0.25, -0.2) is 4.99 Å². The minimum absolute atomic E-state index is 0.0356. The van der Waals surface area contributed by atoms with Gasteiger partial charge >= 0.3 is 6.18 Å². The van der Waals surface area contributed by atoms with Crippen molar-refractivity contribution in [1.29, 1.82) is 0 Å². The predicted molar refractivity (Wildman–Crippen MR) is 151 cm³/mol. The molecule has 1 amide bonds. The summed E-state index contributed by atoms with van der Waals surface area (Å²) in [6.45, 7) is 11.6. The Morgan fingerprint density at radius 2 is 2.05 bits per heavy atom. The number of aliphatic imine (C=N–C) groups is 2. The van der Waals surface area contributed by atoms with E-state index in [0.717, 1.165) is 37.5 Å². The van der Waals surface area contributed by atoms with Crippen LogP contribution in [0.3, 0.4) is 0 Å². The standard InChI is InChI=1S/C28H33F3N6O3/c1-5-26(38)34-20(3)9-6-8-19(2)33-25-16-21(28(29,30)31)18-32-27(36-25)35-23-11-10-22(17-24(23)39-4)37-12-7-14-40-15-13-37/h5-6,8-11,17-18H,1,3,7,12-16H2,2,4H3,(H,34,38)(H2,32,33,35,36)/b9-6-,19-8+. The van der Waals surface area contributed by atoms with Crippen molar-refractivity contribution in [2.75, 3.05) is 43.6 Å². The third kappa shape index (κ3) is 9.16. The summed E-state index contributed by atoms with van der Waals surface area (Å²) < 4.78 is 52.0. The number of carbonyl (C=O) groups is 1. The second-order valence-electron chi connectivity index (χ2n) is 8.86. The summed E-state index contributed by atoms with van der Waals surface area (Å²) in [6, 6.07) is 5.53. The van der Waals surface area contributed by atoms with Crippen LogP contribution in [-0.4, -0.2) is 57.3 Å².